The number of nitrogens with zero attached hydrogens (tertiary/aromatic N) is 1. The van der Waals surface area contributed by atoms with E-state index in [-0.39, 0.29) is 29.9 Å². The molecule has 1 aromatic carbocycles. The molecule has 1 fully saturated rings. The van der Waals surface area contributed by atoms with E-state index in [0.717, 1.165) is 37.7 Å². The maximum atomic E-state index is 12.2. The second-order valence-corrected chi connectivity index (χ2v) is 7.63. The first-order valence-corrected chi connectivity index (χ1v) is 10.5. The Hall–Kier alpha value is -1.35. The van der Waals surface area contributed by atoms with E-state index >= 15 is 0 Å². The third-order valence-corrected chi connectivity index (χ3v) is 5.48. The van der Waals surface area contributed by atoms with Crippen molar-refractivity contribution in [2.24, 2.45) is 10.4 Å². The lowest BCUT2D eigenvalue weighted by Gasteiger charge is -2.30. The maximum absolute atomic E-state index is 12.2. The van der Waals surface area contributed by atoms with Gasteiger partial charge in [-0.25, -0.2) is 0 Å². The largest absolute Gasteiger partial charge is 0.382 e. The summed E-state index contributed by atoms with van der Waals surface area (Å²) in [5, 5.41) is 9.71. The van der Waals surface area contributed by atoms with Crippen molar-refractivity contribution in [1.29, 1.82) is 0 Å². The molecule has 1 aromatic rings. The minimum atomic E-state index is -0.0470. The highest BCUT2D eigenvalue weighted by Crippen LogP contribution is 2.40. The maximum Gasteiger partial charge on any atom is 0.251 e. The lowest BCUT2D eigenvalue weighted by Crippen LogP contribution is -2.45. The third kappa shape index (κ3) is 8.90. The first kappa shape index (κ1) is 25.7. The minimum absolute atomic E-state index is 0. The summed E-state index contributed by atoms with van der Waals surface area (Å²) in [7, 11) is 1.78. The van der Waals surface area contributed by atoms with Gasteiger partial charge in [0.2, 0.25) is 0 Å². The second-order valence-electron chi connectivity index (χ2n) is 7.63. The quantitative estimate of drug-likeness (QED) is 0.193. The Labute approximate surface area is 192 Å². The van der Waals surface area contributed by atoms with Gasteiger partial charge in [0.15, 0.2) is 5.96 Å². The molecule has 6 nitrogen and oxygen atoms in total. The average Bonchev–Trinajstić information content (AvgIpc) is 3.16. The predicted octanol–water partition coefficient (Wildman–Crippen LogP) is 3.49. The molecule has 1 aliphatic rings. The van der Waals surface area contributed by atoms with Gasteiger partial charge in [0, 0.05) is 45.5 Å². The summed E-state index contributed by atoms with van der Waals surface area (Å²) in [6.07, 6.45) is 6.18. The monoisotopic (exact) mass is 516 g/mol. The van der Waals surface area contributed by atoms with Crippen molar-refractivity contribution < 1.29 is 9.53 Å². The number of aryl methyl sites for hydroxylation is 1. The van der Waals surface area contributed by atoms with E-state index in [1.165, 1.54) is 25.7 Å². The number of hydrogen-bond donors (Lipinski definition) is 3. The molecule has 0 unspecified atom stereocenters. The van der Waals surface area contributed by atoms with Crippen molar-refractivity contribution in [3.63, 3.8) is 0 Å². The van der Waals surface area contributed by atoms with Gasteiger partial charge in [-0.2, -0.15) is 0 Å². The average molecular weight is 516 g/mol. The van der Waals surface area contributed by atoms with Gasteiger partial charge in [0.25, 0.3) is 5.91 Å². The van der Waals surface area contributed by atoms with Gasteiger partial charge < -0.3 is 20.7 Å². The molecule has 7 heteroatoms. The number of rotatable bonds is 10. The van der Waals surface area contributed by atoms with Crippen LogP contribution in [0.1, 0.15) is 54.9 Å². The van der Waals surface area contributed by atoms with Crippen LogP contribution in [0.3, 0.4) is 0 Å². The number of hydrogen-bond acceptors (Lipinski definition) is 3. The topological polar surface area (TPSA) is 74.8 Å². The smallest absolute Gasteiger partial charge is 0.251 e. The van der Waals surface area contributed by atoms with Crippen molar-refractivity contribution in [3.8, 4) is 0 Å². The Balaban J connectivity index is 0.00000420. The number of aliphatic imine (C=N–C) groups is 1. The van der Waals surface area contributed by atoms with Gasteiger partial charge in [-0.1, -0.05) is 30.5 Å². The summed E-state index contributed by atoms with van der Waals surface area (Å²) in [5.74, 6) is 0.738. The van der Waals surface area contributed by atoms with Crippen LogP contribution < -0.4 is 16.0 Å². The molecular formula is C22H37IN4O2. The molecule has 1 saturated carbocycles. The Morgan fingerprint density at radius 2 is 1.90 bits per heavy atom. The van der Waals surface area contributed by atoms with Crippen LogP contribution in [0, 0.1) is 12.3 Å². The molecule has 164 valence electrons. The molecule has 0 aromatic heterocycles. The van der Waals surface area contributed by atoms with E-state index in [2.05, 4.69) is 20.9 Å². The number of carbonyl (C=O) groups excluding carboxylic acids is 1. The van der Waals surface area contributed by atoms with Crippen LogP contribution in [0.15, 0.2) is 29.3 Å². The van der Waals surface area contributed by atoms with Gasteiger partial charge in [-0.15, -0.1) is 24.0 Å². The Morgan fingerprint density at radius 3 is 2.55 bits per heavy atom. The van der Waals surface area contributed by atoms with Gasteiger partial charge >= 0.3 is 0 Å². The number of benzene rings is 1. The molecule has 3 N–H and O–H groups in total. The molecule has 2 rings (SSSR count). The van der Waals surface area contributed by atoms with Crippen molar-refractivity contribution in [2.75, 3.05) is 39.9 Å². The molecule has 0 bridgehead atoms. The van der Waals surface area contributed by atoms with E-state index < -0.39 is 0 Å². The van der Waals surface area contributed by atoms with Crippen molar-refractivity contribution in [1.82, 2.24) is 16.0 Å². The molecular weight excluding hydrogens is 479 g/mol. The highest BCUT2D eigenvalue weighted by atomic mass is 127. The highest BCUT2D eigenvalue weighted by Gasteiger charge is 2.33. The molecule has 1 amide bonds. The molecule has 29 heavy (non-hydrogen) atoms. The van der Waals surface area contributed by atoms with E-state index in [1.54, 1.807) is 7.05 Å². The molecule has 0 spiro atoms. The second kappa shape index (κ2) is 13.8. The van der Waals surface area contributed by atoms with Crippen LogP contribution in [-0.2, 0) is 4.74 Å². The molecule has 0 radical (unpaired) electrons. The van der Waals surface area contributed by atoms with Gasteiger partial charge in [0.1, 0.15) is 0 Å². The molecule has 0 saturated heterocycles. The number of halogens is 1. The van der Waals surface area contributed by atoms with Gasteiger partial charge in [0.05, 0.1) is 0 Å². The Kier molecular flexibility index (Phi) is 12.2. The molecule has 1 aliphatic carbocycles. The number of amides is 1. The Bertz CT molecular complexity index is 645. The fourth-order valence-corrected chi connectivity index (χ4v) is 3.81. The molecule has 0 atom stereocenters. The lowest BCUT2D eigenvalue weighted by atomic mass is 9.83. The zero-order valence-electron chi connectivity index (χ0n) is 18.1. The summed E-state index contributed by atoms with van der Waals surface area (Å²) in [6, 6.07) is 7.62. The van der Waals surface area contributed by atoms with Crippen LogP contribution >= 0.6 is 24.0 Å². The van der Waals surface area contributed by atoms with E-state index in [0.29, 0.717) is 24.1 Å². The predicted molar refractivity (Wildman–Crippen MR) is 130 cm³/mol. The summed E-state index contributed by atoms with van der Waals surface area (Å²) >= 11 is 0. The van der Waals surface area contributed by atoms with Crippen molar-refractivity contribution in [2.45, 2.75) is 46.0 Å². The summed E-state index contributed by atoms with van der Waals surface area (Å²) < 4.78 is 5.59. The lowest BCUT2D eigenvalue weighted by molar-refractivity contribution is 0.0954. The number of ether oxygens (including phenoxy) is 1. The fourth-order valence-electron chi connectivity index (χ4n) is 3.81. The summed E-state index contributed by atoms with van der Waals surface area (Å²) in [5.41, 5.74) is 2.09. The fraction of sp³-hybridized carbons (Fsp3) is 0.636. The summed E-state index contributed by atoms with van der Waals surface area (Å²) in [6.45, 7) is 7.72. The van der Waals surface area contributed by atoms with Crippen LogP contribution in [0.2, 0.25) is 0 Å². The van der Waals surface area contributed by atoms with Crippen LogP contribution in [0.5, 0.6) is 0 Å². The van der Waals surface area contributed by atoms with E-state index in [9.17, 15) is 4.79 Å². The van der Waals surface area contributed by atoms with Gasteiger partial charge in [-0.3, -0.25) is 9.79 Å². The van der Waals surface area contributed by atoms with Crippen LogP contribution in [0.25, 0.3) is 0 Å². The number of nitrogens with one attached hydrogen (secondary N) is 3. The molecule has 0 aliphatic heterocycles. The van der Waals surface area contributed by atoms with Crippen molar-refractivity contribution in [3.05, 3.63) is 35.4 Å². The normalized spacial score (nSPS) is 15.5. The zero-order chi connectivity index (χ0) is 20.2. The number of guanidine groups is 1. The SMILES string of the molecule is CCOCCC1(CNC(=NC)NCCNC(=O)c2cccc(C)c2)CCCC1.I. The standard InChI is InChI=1S/C22H36N4O2.HI/c1-4-28-15-12-22(10-5-6-11-22)17-26-21(23-3)25-14-13-24-20(27)19-9-7-8-18(2)16-19;/h7-9,16H,4-6,10-15,17H2,1-3H3,(H,24,27)(H2,23,25,26);1H. The van der Waals surface area contributed by atoms with Crippen LogP contribution in [0.4, 0.5) is 0 Å². The van der Waals surface area contributed by atoms with E-state index in [1.807, 2.05) is 38.1 Å². The number of carbonyl (C=O) groups is 1. The first-order chi connectivity index (χ1) is 13.6. The molecule has 0 heterocycles. The Morgan fingerprint density at radius 1 is 1.17 bits per heavy atom. The van der Waals surface area contributed by atoms with Crippen LogP contribution in [-0.4, -0.2) is 51.8 Å². The third-order valence-electron chi connectivity index (χ3n) is 5.48. The summed E-state index contributed by atoms with van der Waals surface area (Å²) in [4.78, 5) is 16.5. The minimum Gasteiger partial charge on any atom is -0.382 e. The van der Waals surface area contributed by atoms with Crippen molar-refractivity contribution >= 4 is 35.8 Å². The van der Waals surface area contributed by atoms with Gasteiger partial charge in [-0.05, 0) is 50.7 Å². The van der Waals surface area contributed by atoms with E-state index in [4.69, 9.17) is 4.74 Å². The zero-order valence-corrected chi connectivity index (χ0v) is 20.4. The highest BCUT2D eigenvalue weighted by molar-refractivity contribution is 14.0. The first-order valence-electron chi connectivity index (χ1n) is 10.5.